The van der Waals surface area contributed by atoms with Gasteiger partial charge in [-0.2, -0.15) is 0 Å². The molecule has 2 N–H and O–H groups in total. The highest BCUT2D eigenvalue weighted by Gasteiger charge is 2.32. The quantitative estimate of drug-likeness (QED) is 0.906. The van der Waals surface area contributed by atoms with E-state index < -0.39 is 0 Å². The molecule has 1 aliphatic rings. The van der Waals surface area contributed by atoms with Crippen molar-refractivity contribution in [2.45, 2.75) is 13.0 Å². The minimum atomic E-state index is 0.0715. The van der Waals surface area contributed by atoms with Crippen molar-refractivity contribution in [3.8, 4) is 0 Å². The van der Waals surface area contributed by atoms with Gasteiger partial charge in [-0.05, 0) is 18.7 Å². The molecular weight excluding hydrogens is 290 g/mol. The van der Waals surface area contributed by atoms with E-state index in [0.717, 1.165) is 36.7 Å². The lowest BCUT2D eigenvalue weighted by molar-refractivity contribution is 0.0480. The molecule has 1 aromatic heterocycles. The monoisotopic (exact) mass is 313 g/mol. The number of rotatable bonds is 4. The summed E-state index contributed by atoms with van der Waals surface area (Å²) in [4.78, 5) is 24.8. The maximum Gasteiger partial charge on any atom is 0.256 e. The zero-order chi connectivity index (χ0) is 16.2. The smallest absolute Gasteiger partial charge is 0.256 e. The molecule has 1 aliphatic heterocycles. The number of carbonyl (C=O) groups is 1. The van der Waals surface area contributed by atoms with Gasteiger partial charge in [-0.1, -0.05) is 19.1 Å². The Morgan fingerprint density at radius 3 is 2.91 bits per heavy atom. The lowest BCUT2D eigenvalue weighted by atomic mass is 10.1. The van der Waals surface area contributed by atoms with Gasteiger partial charge in [0.1, 0.15) is 5.82 Å². The van der Waals surface area contributed by atoms with Crippen molar-refractivity contribution in [1.82, 2.24) is 19.8 Å². The number of nitrogens with one attached hydrogen (secondary N) is 2. The van der Waals surface area contributed by atoms with Crippen LogP contribution in [0.3, 0.4) is 0 Å². The van der Waals surface area contributed by atoms with Crippen LogP contribution in [-0.2, 0) is 0 Å². The van der Waals surface area contributed by atoms with Gasteiger partial charge in [0, 0.05) is 44.8 Å². The van der Waals surface area contributed by atoms with Gasteiger partial charge in [0.2, 0.25) is 0 Å². The van der Waals surface area contributed by atoms with E-state index >= 15 is 0 Å². The molecule has 0 radical (unpaired) electrons. The largest absolute Gasteiger partial charge is 0.387 e. The third kappa shape index (κ3) is 3.07. The average molecular weight is 313 g/mol. The molecular formula is C17H23N5O. The predicted octanol–water partition coefficient (Wildman–Crippen LogP) is 1.97. The van der Waals surface area contributed by atoms with E-state index in [0.29, 0.717) is 6.54 Å². The zero-order valence-corrected chi connectivity index (χ0v) is 13.6. The number of anilines is 1. The molecule has 0 bridgehead atoms. The molecule has 122 valence electrons. The summed E-state index contributed by atoms with van der Waals surface area (Å²) in [6.07, 6.45) is 3.60. The number of hydrogen-bond donors (Lipinski definition) is 2. The standard InChI is InChI=1S/C17H23N5O/c1-3-21-10-11-22(12-15(21)16-19-8-9-20-16)17(23)13-6-4-5-7-14(13)18-2/h4-9,15,18H,3,10-12H2,1-2H3,(H,19,20). The number of para-hydroxylation sites is 1. The number of H-pyrrole nitrogens is 1. The Labute approximate surface area is 136 Å². The van der Waals surface area contributed by atoms with Gasteiger partial charge < -0.3 is 15.2 Å². The van der Waals surface area contributed by atoms with E-state index in [1.807, 2.05) is 42.4 Å². The van der Waals surface area contributed by atoms with Crippen LogP contribution in [0.1, 0.15) is 29.1 Å². The molecule has 6 nitrogen and oxygen atoms in total. The van der Waals surface area contributed by atoms with E-state index in [-0.39, 0.29) is 11.9 Å². The minimum Gasteiger partial charge on any atom is -0.387 e. The number of aromatic nitrogens is 2. The summed E-state index contributed by atoms with van der Waals surface area (Å²) >= 11 is 0. The fraction of sp³-hybridized carbons (Fsp3) is 0.412. The van der Waals surface area contributed by atoms with E-state index in [1.165, 1.54) is 0 Å². The Morgan fingerprint density at radius 1 is 1.39 bits per heavy atom. The van der Waals surface area contributed by atoms with Crippen molar-refractivity contribution in [3.05, 3.63) is 48.0 Å². The molecule has 0 spiro atoms. The highest BCUT2D eigenvalue weighted by molar-refractivity contribution is 5.99. The van der Waals surface area contributed by atoms with E-state index in [1.54, 1.807) is 6.20 Å². The number of benzene rings is 1. The average Bonchev–Trinajstić information content (AvgIpc) is 3.15. The maximum absolute atomic E-state index is 12.9. The molecule has 6 heteroatoms. The normalized spacial score (nSPS) is 18.9. The third-order valence-electron chi connectivity index (χ3n) is 4.45. The summed E-state index contributed by atoms with van der Waals surface area (Å²) in [5, 5.41) is 3.10. The zero-order valence-electron chi connectivity index (χ0n) is 13.6. The van der Waals surface area contributed by atoms with Crippen LogP contribution in [0.2, 0.25) is 0 Å². The number of nitrogens with zero attached hydrogens (tertiary/aromatic N) is 3. The molecule has 23 heavy (non-hydrogen) atoms. The van der Waals surface area contributed by atoms with Crippen LogP contribution in [0.5, 0.6) is 0 Å². The van der Waals surface area contributed by atoms with Crippen molar-refractivity contribution in [1.29, 1.82) is 0 Å². The van der Waals surface area contributed by atoms with E-state index in [4.69, 9.17) is 0 Å². The van der Waals surface area contributed by atoms with Gasteiger partial charge in [-0.3, -0.25) is 9.69 Å². The van der Waals surface area contributed by atoms with Gasteiger partial charge in [-0.15, -0.1) is 0 Å². The lowest BCUT2D eigenvalue weighted by Gasteiger charge is -2.40. The van der Waals surface area contributed by atoms with Crippen LogP contribution < -0.4 is 5.32 Å². The highest BCUT2D eigenvalue weighted by atomic mass is 16.2. The number of amides is 1. The Kier molecular flexibility index (Phi) is 4.62. The minimum absolute atomic E-state index is 0.0715. The number of hydrogen-bond acceptors (Lipinski definition) is 4. The first-order valence-electron chi connectivity index (χ1n) is 8.04. The summed E-state index contributed by atoms with van der Waals surface area (Å²) in [6, 6.07) is 7.76. The van der Waals surface area contributed by atoms with Crippen LogP contribution in [0.25, 0.3) is 0 Å². The van der Waals surface area contributed by atoms with Gasteiger partial charge in [0.25, 0.3) is 5.91 Å². The van der Waals surface area contributed by atoms with Gasteiger partial charge in [0.05, 0.1) is 11.6 Å². The van der Waals surface area contributed by atoms with Crippen molar-refractivity contribution in [3.63, 3.8) is 0 Å². The molecule has 0 saturated carbocycles. The summed E-state index contributed by atoms with van der Waals surface area (Å²) in [5.74, 6) is 0.994. The van der Waals surface area contributed by atoms with Crippen LogP contribution in [0.4, 0.5) is 5.69 Å². The van der Waals surface area contributed by atoms with Crippen LogP contribution in [0.15, 0.2) is 36.7 Å². The first-order chi connectivity index (χ1) is 11.2. The highest BCUT2D eigenvalue weighted by Crippen LogP contribution is 2.25. The number of likely N-dealkylation sites (N-methyl/N-ethyl adjacent to an activating group) is 1. The second kappa shape index (κ2) is 6.83. The molecule has 1 fully saturated rings. The molecule has 2 heterocycles. The van der Waals surface area contributed by atoms with Crippen LogP contribution in [0, 0.1) is 0 Å². The molecule has 1 saturated heterocycles. The van der Waals surface area contributed by atoms with Crippen molar-refractivity contribution < 1.29 is 4.79 Å². The second-order valence-electron chi connectivity index (χ2n) is 5.67. The number of aromatic amines is 1. The Balaban J connectivity index is 1.82. The fourth-order valence-corrected chi connectivity index (χ4v) is 3.16. The Morgan fingerprint density at radius 2 is 2.22 bits per heavy atom. The lowest BCUT2D eigenvalue weighted by Crippen LogP contribution is -2.50. The molecule has 1 unspecified atom stereocenters. The van der Waals surface area contributed by atoms with Crippen molar-refractivity contribution in [2.75, 3.05) is 38.5 Å². The number of imidazole rings is 1. The van der Waals surface area contributed by atoms with E-state index in [2.05, 4.69) is 27.1 Å². The van der Waals surface area contributed by atoms with Crippen LogP contribution >= 0.6 is 0 Å². The van der Waals surface area contributed by atoms with Gasteiger partial charge in [-0.25, -0.2) is 4.98 Å². The Bertz CT molecular complexity index is 655. The first-order valence-corrected chi connectivity index (χ1v) is 8.04. The van der Waals surface area contributed by atoms with E-state index in [9.17, 15) is 4.79 Å². The van der Waals surface area contributed by atoms with Gasteiger partial charge >= 0.3 is 0 Å². The summed E-state index contributed by atoms with van der Waals surface area (Å²) in [7, 11) is 1.84. The maximum atomic E-state index is 12.9. The number of piperazine rings is 1. The van der Waals surface area contributed by atoms with Gasteiger partial charge in [0.15, 0.2) is 0 Å². The van der Waals surface area contributed by atoms with Crippen LogP contribution in [-0.4, -0.2) is 58.9 Å². The molecule has 1 atom stereocenters. The number of carbonyl (C=O) groups excluding carboxylic acids is 1. The first kappa shape index (κ1) is 15.6. The summed E-state index contributed by atoms with van der Waals surface area (Å²) < 4.78 is 0. The fourth-order valence-electron chi connectivity index (χ4n) is 3.16. The predicted molar refractivity (Wildman–Crippen MR) is 90.5 cm³/mol. The molecule has 2 aromatic rings. The second-order valence-corrected chi connectivity index (χ2v) is 5.67. The summed E-state index contributed by atoms with van der Waals surface area (Å²) in [5.41, 5.74) is 1.59. The molecule has 1 aromatic carbocycles. The molecule has 3 rings (SSSR count). The van der Waals surface area contributed by atoms with Crippen molar-refractivity contribution >= 4 is 11.6 Å². The topological polar surface area (TPSA) is 64.3 Å². The third-order valence-corrected chi connectivity index (χ3v) is 4.45. The summed E-state index contributed by atoms with van der Waals surface area (Å²) in [6.45, 7) is 5.33. The molecule has 0 aliphatic carbocycles. The SMILES string of the molecule is CCN1CCN(C(=O)c2ccccc2NC)CC1c1ncc[nH]1. The van der Waals surface area contributed by atoms with Crippen molar-refractivity contribution in [2.24, 2.45) is 0 Å². The molecule has 1 amide bonds. The Hall–Kier alpha value is -2.34.